The maximum absolute atomic E-state index is 11.2. The third-order valence-corrected chi connectivity index (χ3v) is 3.53. The first kappa shape index (κ1) is 14.1. The number of benzene rings is 2. The summed E-state index contributed by atoms with van der Waals surface area (Å²) >= 11 is 0. The molecule has 1 heterocycles. The summed E-state index contributed by atoms with van der Waals surface area (Å²) in [6.45, 7) is 0. The van der Waals surface area contributed by atoms with Gasteiger partial charge in [-0.3, -0.25) is 0 Å². The molecule has 3 N–H and O–H groups in total. The number of carbonyl (C=O) groups is 1. The Morgan fingerprint density at radius 2 is 1.86 bits per heavy atom. The largest absolute Gasteiger partial charge is 0.342 e. The zero-order chi connectivity index (χ0) is 15.4. The van der Waals surface area contributed by atoms with Crippen molar-refractivity contribution in [2.75, 3.05) is 12.4 Å². The van der Waals surface area contributed by atoms with E-state index in [0.29, 0.717) is 0 Å². The molecule has 0 atom stereocenters. The average molecular weight is 294 g/mol. The number of hydrogen-bond donors (Lipinski definition) is 3. The molecular weight excluding hydrogens is 276 g/mol. The molecule has 0 aliphatic heterocycles. The molecule has 0 radical (unpaired) electrons. The first-order valence-corrected chi connectivity index (χ1v) is 7.26. The van der Waals surface area contributed by atoms with Crippen molar-refractivity contribution >= 4 is 22.8 Å². The summed E-state index contributed by atoms with van der Waals surface area (Å²) in [6.07, 6.45) is 1.76. The SMILES string of the molecule is CNC(=O)Nc1ccc(CCc2nc3ccccc3[nH]2)cc1. The highest BCUT2D eigenvalue weighted by Gasteiger charge is 2.03. The van der Waals surface area contributed by atoms with Crippen molar-refractivity contribution in [1.82, 2.24) is 15.3 Å². The van der Waals surface area contributed by atoms with Crippen LogP contribution in [-0.4, -0.2) is 23.0 Å². The van der Waals surface area contributed by atoms with Gasteiger partial charge in [-0.2, -0.15) is 0 Å². The minimum absolute atomic E-state index is 0.213. The van der Waals surface area contributed by atoms with Crippen molar-refractivity contribution in [2.45, 2.75) is 12.8 Å². The summed E-state index contributed by atoms with van der Waals surface area (Å²) in [6, 6.07) is 15.7. The second-order valence-corrected chi connectivity index (χ2v) is 5.10. The van der Waals surface area contributed by atoms with E-state index >= 15 is 0 Å². The summed E-state index contributed by atoms with van der Waals surface area (Å²) in [5, 5.41) is 5.27. The minimum atomic E-state index is -0.213. The number of nitrogens with one attached hydrogen (secondary N) is 3. The lowest BCUT2D eigenvalue weighted by atomic mass is 10.1. The number of amides is 2. The molecule has 3 rings (SSSR count). The van der Waals surface area contributed by atoms with Crippen LogP contribution in [0.4, 0.5) is 10.5 Å². The van der Waals surface area contributed by atoms with Gasteiger partial charge in [-0.1, -0.05) is 24.3 Å². The Balaban J connectivity index is 1.62. The van der Waals surface area contributed by atoms with Crippen LogP contribution in [0.2, 0.25) is 0 Å². The highest BCUT2D eigenvalue weighted by molar-refractivity contribution is 5.88. The summed E-state index contributed by atoms with van der Waals surface area (Å²) in [7, 11) is 1.59. The fourth-order valence-electron chi connectivity index (χ4n) is 2.34. The molecule has 5 heteroatoms. The zero-order valence-electron chi connectivity index (χ0n) is 12.4. The van der Waals surface area contributed by atoms with Gasteiger partial charge in [-0.25, -0.2) is 9.78 Å². The summed E-state index contributed by atoms with van der Waals surface area (Å²) in [5.74, 6) is 0.994. The number of hydrogen-bond acceptors (Lipinski definition) is 2. The number of carbonyl (C=O) groups excluding carboxylic acids is 1. The van der Waals surface area contributed by atoms with Crippen molar-refractivity contribution < 1.29 is 4.79 Å². The maximum Gasteiger partial charge on any atom is 0.318 e. The molecule has 3 aromatic rings. The number of H-pyrrole nitrogens is 1. The highest BCUT2D eigenvalue weighted by Crippen LogP contribution is 2.14. The molecule has 2 aromatic carbocycles. The van der Waals surface area contributed by atoms with E-state index in [-0.39, 0.29) is 6.03 Å². The lowest BCUT2D eigenvalue weighted by Gasteiger charge is -2.05. The highest BCUT2D eigenvalue weighted by atomic mass is 16.2. The lowest BCUT2D eigenvalue weighted by Crippen LogP contribution is -2.24. The predicted molar refractivity (Wildman–Crippen MR) is 88.0 cm³/mol. The van der Waals surface area contributed by atoms with Crippen molar-refractivity contribution in [3.63, 3.8) is 0 Å². The second kappa shape index (κ2) is 6.30. The molecule has 2 amide bonds. The zero-order valence-corrected chi connectivity index (χ0v) is 12.4. The number of fused-ring (bicyclic) bond motifs is 1. The number of para-hydroxylation sites is 2. The summed E-state index contributed by atoms with van der Waals surface area (Å²) < 4.78 is 0. The van der Waals surface area contributed by atoms with Gasteiger partial charge in [0.1, 0.15) is 5.82 Å². The van der Waals surface area contributed by atoms with Gasteiger partial charge < -0.3 is 15.6 Å². The fourth-order valence-corrected chi connectivity index (χ4v) is 2.34. The Hall–Kier alpha value is -2.82. The molecule has 0 spiro atoms. The van der Waals surface area contributed by atoms with E-state index in [1.165, 1.54) is 5.56 Å². The van der Waals surface area contributed by atoms with Crippen molar-refractivity contribution in [3.05, 3.63) is 59.9 Å². The van der Waals surface area contributed by atoms with Gasteiger partial charge in [-0.15, -0.1) is 0 Å². The van der Waals surface area contributed by atoms with Gasteiger partial charge in [-0.05, 0) is 36.2 Å². The number of aryl methyl sites for hydroxylation is 2. The Labute approximate surface area is 128 Å². The van der Waals surface area contributed by atoms with Crippen LogP contribution >= 0.6 is 0 Å². The molecule has 0 fully saturated rings. The third kappa shape index (κ3) is 3.25. The van der Waals surface area contributed by atoms with Crippen molar-refractivity contribution in [3.8, 4) is 0 Å². The quantitative estimate of drug-likeness (QED) is 0.692. The summed E-state index contributed by atoms with van der Waals surface area (Å²) in [4.78, 5) is 19.1. The van der Waals surface area contributed by atoms with E-state index in [4.69, 9.17) is 0 Å². The number of rotatable bonds is 4. The molecule has 5 nitrogen and oxygen atoms in total. The monoisotopic (exact) mass is 294 g/mol. The topological polar surface area (TPSA) is 69.8 Å². The molecule has 112 valence electrons. The number of aromatic nitrogens is 2. The molecule has 22 heavy (non-hydrogen) atoms. The van der Waals surface area contributed by atoms with Crippen LogP contribution in [0.15, 0.2) is 48.5 Å². The van der Waals surface area contributed by atoms with E-state index in [2.05, 4.69) is 20.6 Å². The number of aromatic amines is 1. The number of imidazole rings is 1. The minimum Gasteiger partial charge on any atom is -0.342 e. The van der Waals surface area contributed by atoms with Gasteiger partial charge in [0, 0.05) is 19.2 Å². The fraction of sp³-hybridized carbons (Fsp3) is 0.176. The van der Waals surface area contributed by atoms with Gasteiger partial charge in [0.15, 0.2) is 0 Å². The van der Waals surface area contributed by atoms with Crippen LogP contribution in [0.5, 0.6) is 0 Å². The molecule has 0 saturated carbocycles. The van der Waals surface area contributed by atoms with Crippen LogP contribution in [0.1, 0.15) is 11.4 Å². The molecule has 0 bridgehead atoms. The Morgan fingerprint density at radius 1 is 1.09 bits per heavy atom. The molecule has 1 aromatic heterocycles. The average Bonchev–Trinajstić information content (AvgIpc) is 2.97. The van der Waals surface area contributed by atoms with Crippen molar-refractivity contribution in [1.29, 1.82) is 0 Å². The molecule has 0 saturated heterocycles. The first-order chi connectivity index (χ1) is 10.7. The van der Waals surface area contributed by atoms with E-state index in [9.17, 15) is 4.79 Å². The first-order valence-electron chi connectivity index (χ1n) is 7.26. The van der Waals surface area contributed by atoms with Gasteiger partial charge >= 0.3 is 6.03 Å². The lowest BCUT2D eigenvalue weighted by molar-refractivity contribution is 0.254. The molecule has 0 aliphatic carbocycles. The van der Waals surface area contributed by atoms with Gasteiger partial charge in [0.2, 0.25) is 0 Å². The summed E-state index contributed by atoms with van der Waals surface area (Å²) in [5.41, 5.74) is 4.07. The normalized spacial score (nSPS) is 10.6. The second-order valence-electron chi connectivity index (χ2n) is 5.10. The van der Waals surface area contributed by atoms with E-state index < -0.39 is 0 Å². The van der Waals surface area contributed by atoms with Gasteiger partial charge in [0.05, 0.1) is 11.0 Å². The van der Waals surface area contributed by atoms with Crippen molar-refractivity contribution in [2.24, 2.45) is 0 Å². The van der Waals surface area contributed by atoms with E-state index in [0.717, 1.165) is 35.4 Å². The Bertz CT molecular complexity index is 744. The van der Waals surface area contributed by atoms with Crippen LogP contribution in [-0.2, 0) is 12.8 Å². The van der Waals surface area contributed by atoms with Gasteiger partial charge in [0.25, 0.3) is 0 Å². The Kier molecular flexibility index (Phi) is 4.05. The van der Waals surface area contributed by atoms with Crippen LogP contribution in [0, 0.1) is 0 Å². The number of nitrogens with zero attached hydrogens (tertiary/aromatic N) is 1. The molecule has 0 aliphatic rings. The molecule has 0 unspecified atom stereocenters. The maximum atomic E-state index is 11.2. The molecular formula is C17H18N4O. The van der Waals surface area contributed by atoms with Crippen LogP contribution < -0.4 is 10.6 Å². The standard InChI is InChI=1S/C17H18N4O/c1-18-17(22)19-13-9-6-12(7-10-13)8-11-16-20-14-4-2-3-5-15(14)21-16/h2-7,9-10H,8,11H2,1H3,(H,20,21)(H2,18,19,22). The number of urea groups is 1. The van der Waals surface area contributed by atoms with E-state index in [1.807, 2.05) is 48.5 Å². The Morgan fingerprint density at radius 3 is 2.59 bits per heavy atom. The smallest absolute Gasteiger partial charge is 0.318 e. The van der Waals surface area contributed by atoms with Crippen LogP contribution in [0.3, 0.4) is 0 Å². The van der Waals surface area contributed by atoms with Crippen LogP contribution in [0.25, 0.3) is 11.0 Å². The third-order valence-electron chi connectivity index (χ3n) is 3.53. The van der Waals surface area contributed by atoms with E-state index in [1.54, 1.807) is 7.05 Å². The number of anilines is 1. The predicted octanol–water partition coefficient (Wildman–Crippen LogP) is 3.10.